The second kappa shape index (κ2) is 5.14. The van der Waals surface area contributed by atoms with Gasteiger partial charge in [0.05, 0.1) is 7.74 Å². The summed E-state index contributed by atoms with van der Waals surface area (Å²) in [7, 11) is -0.619. The molecule has 4 heteroatoms. The summed E-state index contributed by atoms with van der Waals surface area (Å²) in [6.45, 7) is 22.7. The summed E-state index contributed by atoms with van der Waals surface area (Å²) in [4.78, 5) is 0. The zero-order chi connectivity index (χ0) is 11.7. The van der Waals surface area contributed by atoms with Gasteiger partial charge in [-0.25, -0.2) is 0 Å². The Kier molecular flexibility index (Phi) is 5.64. The van der Waals surface area contributed by atoms with Gasteiger partial charge in [0.2, 0.25) is 0 Å². The van der Waals surface area contributed by atoms with Crippen LogP contribution >= 0.6 is 22.3 Å². The van der Waals surface area contributed by atoms with Gasteiger partial charge < -0.3 is 0 Å². The molecule has 0 radical (unpaired) electrons. The molecule has 0 spiro atoms. The molecule has 0 aromatic carbocycles. The van der Waals surface area contributed by atoms with Crippen molar-refractivity contribution in [3.05, 3.63) is 0 Å². The molecule has 0 nitrogen and oxygen atoms in total. The van der Waals surface area contributed by atoms with E-state index in [0.29, 0.717) is 0 Å². The van der Waals surface area contributed by atoms with E-state index in [-0.39, 0.29) is 15.8 Å². The van der Waals surface area contributed by atoms with E-state index in [2.05, 4.69) is 59.6 Å². The molecule has 0 bridgehead atoms. The SMILES string of the molecule is CP(C)C(P(C)C)=P(C)(C)[Si](C)(C)C. The van der Waals surface area contributed by atoms with E-state index >= 15 is 0 Å². The predicted octanol–water partition coefficient (Wildman–Crippen LogP) is 4.67. The van der Waals surface area contributed by atoms with Gasteiger partial charge in [-0.1, -0.05) is 35.5 Å². The van der Waals surface area contributed by atoms with Gasteiger partial charge in [-0.15, -0.1) is 6.43 Å². The lowest BCUT2D eigenvalue weighted by molar-refractivity contribution is 1.85. The predicted molar refractivity (Wildman–Crippen MR) is 84.7 cm³/mol. The van der Waals surface area contributed by atoms with Crippen LogP contribution < -0.4 is 0 Å². The smallest absolute Gasteiger partial charge is 0.0724 e. The summed E-state index contributed by atoms with van der Waals surface area (Å²) in [6.07, 6.45) is -0.736. The molecule has 0 aliphatic heterocycles. The summed E-state index contributed by atoms with van der Waals surface area (Å²) in [5.41, 5.74) is 0. The highest BCUT2D eigenvalue weighted by molar-refractivity contribution is 8.24. The van der Waals surface area contributed by atoms with Crippen molar-refractivity contribution >= 4 is 34.8 Å². The van der Waals surface area contributed by atoms with Crippen LogP contribution in [0.5, 0.6) is 0 Å². The third-order valence-corrected chi connectivity index (χ3v) is 28.6. The minimum absolute atomic E-state index is 0.174. The van der Waals surface area contributed by atoms with Crippen LogP contribution in [0.25, 0.3) is 0 Å². The molecule has 86 valence electrons. The van der Waals surface area contributed by atoms with Crippen LogP contribution in [0, 0.1) is 0 Å². The molecule has 0 fully saturated rings. The molecular weight excluding hydrogens is 241 g/mol. The largest absolute Gasteiger partial charge is 0.111 e. The first kappa shape index (κ1) is 15.4. The minimum Gasteiger partial charge on any atom is -0.111 e. The Morgan fingerprint density at radius 1 is 0.857 bits per heavy atom. The van der Waals surface area contributed by atoms with E-state index in [1.807, 2.05) is 4.78 Å². The molecule has 0 amide bonds. The molecule has 14 heavy (non-hydrogen) atoms. The number of hydrogen-bond acceptors (Lipinski definition) is 0. The third kappa shape index (κ3) is 3.45. The Balaban J connectivity index is 5.61. The lowest BCUT2D eigenvalue weighted by atomic mass is 11.8. The van der Waals surface area contributed by atoms with Gasteiger partial charge in [0.25, 0.3) is 0 Å². The third-order valence-electron chi connectivity index (χ3n) is 2.98. The standard InChI is InChI=1S/C10H27P3Si/c1-11(2)10(12(3)4)13(5,6)14(7,8)9/h1-9H3. The highest BCUT2D eigenvalue weighted by Gasteiger charge is 2.30. The van der Waals surface area contributed by atoms with Gasteiger partial charge in [-0.05, 0) is 44.8 Å². The van der Waals surface area contributed by atoms with E-state index < -0.39 is 14.2 Å². The summed E-state index contributed by atoms with van der Waals surface area (Å²) < 4.78 is 2.00. The van der Waals surface area contributed by atoms with Crippen LogP contribution in [0.15, 0.2) is 0 Å². The molecule has 0 aliphatic carbocycles. The summed E-state index contributed by atoms with van der Waals surface area (Å²) in [5, 5.41) is 0. The van der Waals surface area contributed by atoms with Gasteiger partial charge in [-0.2, -0.15) is 0 Å². The van der Waals surface area contributed by atoms with Crippen LogP contribution in [-0.4, -0.2) is 52.5 Å². The first-order chi connectivity index (χ1) is 6.01. The molecule has 0 N–H and O–H groups in total. The fraction of sp³-hybridized carbons (Fsp3) is 0.900. The minimum atomic E-state index is -0.967. The lowest BCUT2D eigenvalue weighted by Crippen LogP contribution is -2.23. The zero-order valence-corrected chi connectivity index (χ0v) is 15.0. The summed E-state index contributed by atoms with van der Waals surface area (Å²) >= 11 is 0. The lowest BCUT2D eigenvalue weighted by Gasteiger charge is -2.37. The van der Waals surface area contributed by atoms with Gasteiger partial charge in [-0.3, -0.25) is 0 Å². The Bertz CT molecular complexity index is 233. The average Bonchev–Trinajstić information content (AvgIpc) is 1.79. The molecule has 0 atom stereocenters. The van der Waals surface area contributed by atoms with Gasteiger partial charge in [0.1, 0.15) is 0 Å². The van der Waals surface area contributed by atoms with E-state index in [1.54, 1.807) is 0 Å². The van der Waals surface area contributed by atoms with Crippen molar-refractivity contribution in [2.45, 2.75) is 19.6 Å². The van der Waals surface area contributed by atoms with E-state index in [4.69, 9.17) is 0 Å². The molecule has 0 heterocycles. The van der Waals surface area contributed by atoms with Crippen molar-refractivity contribution in [3.63, 3.8) is 0 Å². The summed E-state index contributed by atoms with van der Waals surface area (Å²) in [6, 6.07) is 0. The molecule has 0 unspecified atom stereocenters. The highest BCUT2D eigenvalue weighted by Crippen LogP contribution is 2.63. The van der Waals surface area contributed by atoms with E-state index in [0.717, 1.165) is 0 Å². The Morgan fingerprint density at radius 2 is 1.14 bits per heavy atom. The summed E-state index contributed by atoms with van der Waals surface area (Å²) in [5.74, 6) is 0. The van der Waals surface area contributed by atoms with Crippen molar-refractivity contribution in [1.29, 1.82) is 0 Å². The van der Waals surface area contributed by atoms with Crippen molar-refractivity contribution < 1.29 is 0 Å². The molecule has 0 aromatic heterocycles. The van der Waals surface area contributed by atoms with Crippen molar-refractivity contribution in [1.82, 2.24) is 0 Å². The van der Waals surface area contributed by atoms with E-state index in [9.17, 15) is 0 Å². The Morgan fingerprint density at radius 3 is 1.21 bits per heavy atom. The van der Waals surface area contributed by atoms with E-state index in [1.165, 1.54) is 0 Å². The Labute approximate surface area is 94.6 Å². The topological polar surface area (TPSA) is 0 Å². The fourth-order valence-corrected chi connectivity index (χ4v) is 24.3. The zero-order valence-electron chi connectivity index (χ0n) is 11.3. The maximum atomic E-state index is 2.60. The maximum Gasteiger partial charge on any atom is 0.0724 e. The van der Waals surface area contributed by atoms with Crippen LogP contribution in [0.1, 0.15) is 0 Å². The quantitative estimate of drug-likeness (QED) is 0.515. The highest BCUT2D eigenvalue weighted by atomic mass is 31.4. The molecular formula is C10H27P3Si. The normalized spacial score (nSPS) is 13.9. The van der Waals surface area contributed by atoms with Crippen molar-refractivity contribution in [2.24, 2.45) is 0 Å². The molecule has 0 aromatic rings. The van der Waals surface area contributed by atoms with Crippen molar-refractivity contribution in [3.8, 4) is 0 Å². The number of hydrogen-bond donors (Lipinski definition) is 0. The van der Waals surface area contributed by atoms with Crippen LogP contribution in [0.3, 0.4) is 0 Å². The first-order valence-corrected chi connectivity index (χ1v) is 16.6. The van der Waals surface area contributed by atoms with Crippen LogP contribution in [0.2, 0.25) is 19.6 Å². The number of rotatable bonds is 3. The van der Waals surface area contributed by atoms with Crippen molar-refractivity contribution in [2.75, 3.05) is 40.0 Å². The van der Waals surface area contributed by atoms with Gasteiger partial charge >= 0.3 is 0 Å². The second-order valence-corrected chi connectivity index (χ2v) is 26.3. The van der Waals surface area contributed by atoms with Gasteiger partial charge in [0.15, 0.2) is 0 Å². The first-order valence-electron chi connectivity index (χ1n) is 5.08. The molecule has 0 saturated heterocycles. The van der Waals surface area contributed by atoms with Crippen LogP contribution in [-0.2, 0) is 0 Å². The second-order valence-electron chi connectivity index (χ2n) is 5.71. The molecule has 0 rings (SSSR count). The maximum absolute atomic E-state index is 2.60. The van der Waals surface area contributed by atoms with Crippen LogP contribution in [0.4, 0.5) is 0 Å². The van der Waals surface area contributed by atoms with Gasteiger partial charge in [0, 0.05) is 0 Å². The average molecular weight is 268 g/mol. The Hall–Kier alpha value is 1.38. The monoisotopic (exact) mass is 268 g/mol. The fourth-order valence-electron chi connectivity index (χ4n) is 1.70. The molecule has 0 aliphatic rings. The molecule has 0 saturated carbocycles.